The summed E-state index contributed by atoms with van der Waals surface area (Å²) in [4.78, 5) is 39.4. The quantitative estimate of drug-likeness (QED) is 0.530. The number of aldehydes is 1. The summed E-state index contributed by atoms with van der Waals surface area (Å²) >= 11 is 0. The Labute approximate surface area is 172 Å². The van der Waals surface area contributed by atoms with Gasteiger partial charge in [0.25, 0.3) is 0 Å². The highest BCUT2D eigenvalue weighted by Gasteiger charge is 2.50. The maximum absolute atomic E-state index is 13.2. The van der Waals surface area contributed by atoms with Crippen molar-refractivity contribution < 1.29 is 14.4 Å². The summed E-state index contributed by atoms with van der Waals surface area (Å²) in [6.45, 7) is 8.39. The monoisotopic (exact) mass is 391 g/mol. The molecule has 1 heterocycles. The number of rotatable bonds is 6. The zero-order valence-corrected chi connectivity index (χ0v) is 17.6. The third-order valence-electron chi connectivity index (χ3n) is 6.10. The first-order valence-electron chi connectivity index (χ1n) is 10.2. The molecule has 1 aliphatic heterocycles. The maximum Gasteiger partial charge on any atom is 0.238 e. The number of nitrogens with zero attached hydrogens (tertiary/aromatic N) is 1. The maximum atomic E-state index is 13.2. The van der Waals surface area contributed by atoms with E-state index in [0.717, 1.165) is 11.8 Å². The summed E-state index contributed by atoms with van der Waals surface area (Å²) < 4.78 is 0. The van der Waals surface area contributed by atoms with Crippen molar-refractivity contribution >= 4 is 23.8 Å². The first-order valence-corrected chi connectivity index (χ1v) is 10.2. The van der Waals surface area contributed by atoms with Gasteiger partial charge in [0.2, 0.25) is 11.8 Å². The van der Waals surface area contributed by atoms with Crippen LogP contribution in [0.5, 0.6) is 0 Å². The van der Waals surface area contributed by atoms with Crippen LogP contribution in [-0.2, 0) is 26.2 Å². The minimum absolute atomic E-state index is 0.0507. The molecule has 3 rings (SSSR count). The second-order valence-corrected chi connectivity index (χ2v) is 8.99. The minimum atomic E-state index is -0.889. The summed E-state index contributed by atoms with van der Waals surface area (Å²) in [6, 6.07) is 17.2. The van der Waals surface area contributed by atoms with Gasteiger partial charge in [-0.15, -0.1) is 0 Å². The van der Waals surface area contributed by atoms with E-state index in [1.165, 1.54) is 10.5 Å². The summed E-state index contributed by atoms with van der Waals surface area (Å²) in [5.41, 5.74) is 1.95. The van der Waals surface area contributed by atoms with Gasteiger partial charge in [0.1, 0.15) is 6.29 Å². The Morgan fingerprint density at radius 3 is 2.14 bits per heavy atom. The molecule has 0 aliphatic carbocycles. The highest BCUT2D eigenvalue weighted by molar-refractivity contribution is 6.21. The molecule has 0 radical (unpaired) electrons. The van der Waals surface area contributed by atoms with Gasteiger partial charge in [-0.2, -0.15) is 0 Å². The van der Waals surface area contributed by atoms with Gasteiger partial charge >= 0.3 is 0 Å². The number of imide groups is 1. The van der Waals surface area contributed by atoms with Crippen LogP contribution in [0.4, 0.5) is 5.69 Å². The Hall–Kier alpha value is -2.75. The van der Waals surface area contributed by atoms with Crippen molar-refractivity contribution in [2.45, 2.75) is 52.4 Å². The molecule has 0 spiro atoms. The number of carbonyl (C=O) groups excluding carboxylic acids is 3. The highest BCUT2D eigenvalue weighted by Crippen LogP contribution is 2.42. The average Bonchev–Trinajstić information content (AvgIpc) is 3.01. The first kappa shape index (κ1) is 21.0. The summed E-state index contributed by atoms with van der Waals surface area (Å²) in [5.74, 6) is -1.16. The van der Waals surface area contributed by atoms with Gasteiger partial charge in [-0.1, -0.05) is 70.2 Å². The second-order valence-electron chi connectivity index (χ2n) is 8.99. The van der Waals surface area contributed by atoms with E-state index in [2.05, 4.69) is 32.9 Å². The number of para-hydroxylation sites is 1. The van der Waals surface area contributed by atoms with Crippen molar-refractivity contribution in [3.63, 3.8) is 0 Å². The van der Waals surface area contributed by atoms with Crippen LogP contribution in [-0.4, -0.2) is 18.1 Å². The van der Waals surface area contributed by atoms with Crippen LogP contribution in [0, 0.1) is 11.3 Å². The van der Waals surface area contributed by atoms with Crippen molar-refractivity contribution in [2.24, 2.45) is 11.3 Å². The first-order chi connectivity index (χ1) is 13.7. The Bertz CT molecular complexity index is 896. The van der Waals surface area contributed by atoms with E-state index >= 15 is 0 Å². The lowest BCUT2D eigenvalue weighted by molar-refractivity contribution is -0.131. The second kappa shape index (κ2) is 7.94. The van der Waals surface area contributed by atoms with E-state index < -0.39 is 11.3 Å². The Morgan fingerprint density at radius 2 is 1.62 bits per heavy atom. The lowest BCUT2D eigenvalue weighted by Crippen LogP contribution is -2.40. The molecule has 1 fully saturated rings. The van der Waals surface area contributed by atoms with Crippen LogP contribution >= 0.6 is 0 Å². The molecule has 0 N–H and O–H groups in total. The number of carbonyl (C=O) groups is 3. The van der Waals surface area contributed by atoms with Gasteiger partial charge in [0.05, 0.1) is 11.6 Å². The molecule has 2 atom stereocenters. The van der Waals surface area contributed by atoms with E-state index in [1.54, 1.807) is 24.3 Å². The van der Waals surface area contributed by atoms with Crippen molar-refractivity contribution in [1.29, 1.82) is 0 Å². The number of benzene rings is 2. The normalized spacial score (nSPS) is 19.3. The molecule has 2 amide bonds. The topological polar surface area (TPSA) is 54.5 Å². The van der Waals surface area contributed by atoms with E-state index in [1.807, 2.05) is 25.1 Å². The molecule has 1 unspecified atom stereocenters. The van der Waals surface area contributed by atoms with Crippen LogP contribution in [0.25, 0.3) is 0 Å². The molecule has 4 nitrogen and oxygen atoms in total. The molecule has 0 saturated carbocycles. The Morgan fingerprint density at radius 1 is 1.00 bits per heavy atom. The molecule has 2 aromatic rings. The third kappa shape index (κ3) is 4.02. The van der Waals surface area contributed by atoms with Crippen LogP contribution in [0.1, 0.15) is 51.7 Å². The fourth-order valence-electron chi connectivity index (χ4n) is 4.13. The van der Waals surface area contributed by atoms with Gasteiger partial charge in [-0.3, -0.25) is 14.5 Å². The van der Waals surface area contributed by atoms with Crippen molar-refractivity contribution in [1.82, 2.24) is 0 Å². The predicted octanol–water partition coefficient (Wildman–Crippen LogP) is 4.70. The van der Waals surface area contributed by atoms with E-state index in [-0.39, 0.29) is 23.7 Å². The number of anilines is 1. The number of hydrogen-bond donors (Lipinski definition) is 0. The lowest BCUT2D eigenvalue weighted by atomic mass is 9.69. The molecule has 152 valence electrons. The van der Waals surface area contributed by atoms with Crippen molar-refractivity contribution in [2.75, 3.05) is 4.90 Å². The largest absolute Gasteiger partial charge is 0.303 e. The Kier molecular flexibility index (Phi) is 5.74. The summed E-state index contributed by atoms with van der Waals surface area (Å²) in [5, 5.41) is 0. The molecule has 4 heteroatoms. The smallest absolute Gasteiger partial charge is 0.238 e. The van der Waals surface area contributed by atoms with E-state index in [4.69, 9.17) is 0 Å². The zero-order chi connectivity index (χ0) is 21.2. The van der Waals surface area contributed by atoms with Crippen molar-refractivity contribution in [3.05, 3.63) is 65.7 Å². The van der Waals surface area contributed by atoms with Crippen LogP contribution in [0.3, 0.4) is 0 Å². The average molecular weight is 392 g/mol. The lowest BCUT2D eigenvalue weighted by Gasteiger charge is -2.32. The standard InChI is InChI=1S/C25H29NO3/c1-5-25(17-27,16-18-11-13-19(14-12-18)24(2,3)4)21-15-22(28)26(23(21)29)20-9-7-6-8-10-20/h6-14,17,21H,5,15-16H2,1-4H3/t21-,25?/m0/s1. The van der Waals surface area contributed by atoms with Crippen LogP contribution in [0.15, 0.2) is 54.6 Å². The molecule has 29 heavy (non-hydrogen) atoms. The van der Waals surface area contributed by atoms with Crippen LogP contribution < -0.4 is 4.90 Å². The van der Waals surface area contributed by atoms with E-state index in [9.17, 15) is 14.4 Å². The number of hydrogen-bond acceptors (Lipinski definition) is 3. The third-order valence-corrected chi connectivity index (χ3v) is 6.10. The minimum Gasteiger partial charge on any atom is -0.303 e. The molecule has 1 saturated heterocycles. The SMILES string of the molecule is CCC(C=O)(Cc1ccc(C(C)(C)C)cc1)[C@H]1CC(=O)N(c2ccccc2)C1=O. The van der Waals surface area contributed by atoms with Gasteiger partial charge in [0, 0.05) is 11.8 Å². The predicted molar refractivity (Wildman–Crippen MR) is 115 cm³/mol. The Balaban J connectivity index is 1.90. The highest BCUT2D eigenvalue weighted by atomic mass is 16.2. The fourth-order valence-corrected chi connectivity index (χ4v) is 4.13. The molecular weight excluding hydrogens is 362 g/mol. The van der Waals surface area contributed by atoms with E-state index in [0.29, 0.717) is 18.5 Å². The van der Waals surface area contributed by atoms with Gasteiger partial charge in [0.15, 0.2) is 0 Å². The van der Waals surface area contributed by atoms with Crippen molar-refractivity contribution in [3.8, 4) is 0 Å². The summed E-state index contributed by atoms with van der Waals surface area (Å²) in [6.07, 6.45) is 1.92. The molecular formula is C25H29NO3. The van der Waals surface area contributed by atoms with Gasteiger partial charge in [-0.05, 0) is 41.5 Å². The van der Waals surface area contributed by atoms with Gasteiger partial charge in [-0.25, -0.2) is 0 Å². The fraction of sp³-hybridized carbons (Fsp3) is 0.400. The summed E-state index contributed by atoms with van der Waals surface area (Å²) in [7, 11) is 0. The molecule has 0 bridgehead atoms. The van der Waals surface area contributed by atoms with Gasteiger partial charge < -0.3 is 4.79 Å². The number of amides is 2. The molecule has 1 aliphatic rings. The molecule has 0 aromatic heterocycles. The molecule has 2 aromatic carbocycles. The van der Waals surface area contributed by atoms with Crippen LogP contribution in [0.2, 0.25) is 0 Å². The zero-order valence-electron chi connectivity index (χ0n) is 17.6.